The Morgan fingerprint density at radius 1 is 1.33 bits per heavy atom. The summed E-state index contributed by atoms with van der Waals surface area (Å²) in [6, 6.07) is 4.95. The van der Waals surface area contributed by atoms with Crippen LogP contribution in [0.2, 0.25) is 0 Å². The van der Waals surface area contributed by atoms with E-state index in [0.717, 1.165) is 0 Å². The molecule has 2 aromatic rings. The fourth-order valence-electron chi connectivity index (χ4n) is 2.08. The second kappa shape index (κ2) is 5.06. The first-order chi connectivity index (χ1) is 10.2. The number of anilines is 1. The Balaban J connectivity index is 2.30. The maximum Gasteiger partial charge on any atom is 0.227 e. The third kappa shape index (κ3) is 2.11. The van der Waals surface area contributed by atoms with Crippen molar-refractivity contribution in [3.8, 4) is 17.2 Å². The number of phenolic OH excluding ortho intramolecular Hbond substituents is 1. The van der Waals surface area contributed by atoms with Crippen molar-refractivity contribution in [1.29, 1.82) is 0 Å². The van der Waals surface area contributed by atoms with E-state index < -0.39 is 0 Å². The molecule has 0 amide bonds. The minimum absolute atomic E-state index is 0.0158. The monoisotopic (exact) mass is 280 g/mol. The predicted octanol–water partition coefficient (Wildman–Crippen LogP) is 1.83. The fraction of sp³-hybridized carbons (Fsp3) is 0.0667. The Morgan fingerprint density at radius 3 is 2.90 bits per heavy atom. The molecule has 0 saturated carbocycles. The molecule has 3 rings (SSSR count). The highest BCUT2D eigenvalue weighted by molar-refractivity contribution is 5.74. The number of methoxy groups -OCH3 is 1. The number of nitrogens with zero attached hydrogens (tertiary/aromatic N) is 3. The molecule has 1 aromatic heterocycles. The zero-order valence-corrected chi connectivity index (χ0v) is 11.2. The van der Waals surface area contributed by atoms with Crippen molar-refractivity contribution in [2.24, 2.45) is 0 Å². The highest BCUT2D eigenvalue weighted by Gasteiger charge is 2.20. The summed E-state index contributed by atoms with van der Waals surface area (Å²) in [5.41, 5.74) is 12.7. The summed E-state index contributed by atoms with van der Waals surface area (Å²) in [7, 11) is 1.51. The van der Waals surface area contributed by atoms with Crippen molar-refractivity contribution >= 4 is 11.5 Å². The lowest BCUT2D eigenvalue weighted by molar-refractivity contribution is 0.405. The minimum atomic E-state index is 0.0158. The van der Waals surface area contributed by atoms with E-state index >= 15 is 0 Å². The number of ether oxygens (including phenoxy) is 1. The van der Waals surface area contributed by atoms with E-state index in [0.29, 0.717) is 22.8 Å². The van der Waals surface area contributed by atoms with E-state index in [9.17, 15) is 5.11 Å². The lowest BCUT2D eigenvalue weighted by atomic mass is 10.2. The number of allylic oxidation sites excluding steroid dienone is 4. The van der Waals surface area contributed by atoms with E-state index in [-0.39, 0.29) is 11.7 Å². The Kier molecular flexibility index (Phi) is 3.09. The quantitative estimate of drug-likeness (QED) is 0.838. The molecule has 1 aliphatic rings. The van der Waals surface area contributed by atoms with Crippen molar-refractivity contribution < 1.29 is 9.84 Å². The summed E-state index contributed by atoms with van der Waals surface area (Å²) in [6.07, 6.45) is 5.35. The summed E-state index contributed by atoms with van der Waals surface area (Å²) in [4.78, 5) is 0. The molecule has 1 aromatic carbocycles. The molecular weight excluding hydrogens is 268 g/mol. The highest BCUT2D eigenvalue weighted by atomic mass is 16.5. The normalized spacial score (nSPS) is 12.5. The van der Waals surface area contributed by atoms with Crippen LogP contribution in [0.5, 0.6) is 11.5 Å². The van der Waals surface area contributed by atoms with Crippen LogP contribution in [0.3, 0.4) is 0 Å². The van der Waals surface area contributed by atoms with Gasteiger partial charge >= 0.3 is 0 Å². The number of aromatic hydroxyl groups is 1. The first-order valence-corrected chi connectivity index (χ1v) is 6.18. The van der Waals surface area contributed by atoms with Gasteiger partial charge in [0.1, 0.15) is 17.2 Å². The molecule has 1 heterocycles. The smallest absolute Gasteiger partial charge is 0.227 e. The average molecular weight is 280 g/mol. The highest BCUT2D eigenvalue weighted by Crippen LogP contribution is 2.35. The number of phenols is 1. The second-order valence-electron chi connectivity index (χ2n) is 4.25. The van der Waals surface area contributed by atoms with Crippen LogP contribution in [0.15, 0.2) is 47.9 Å². The molecule has 0 atom stereocenters. The molecule has 104 valence electrons. The van der Waals surface area contributed by atoms with E-state index in [2.05, 4.69) is 21.7 Å². The Labute approximate surface area is 120 Å². The predicted molar refractivity (Wildman–Crippen MR) is 78.1 cm³/mol. The molecule has 0 spiro atoms. The molecule has 6 nitrogen and oxygen atoms in total. The summed E-state index contributed by atoms with van der Waals surface area (Å²) in [5.74, 6) is 1.07. The maximum absolute atomic E-state index is 10.2. The molecule has 3 N–H and O–H groups in total. The molecule has 0 unspecified atom stereocenters. The topological polar surface area (TPSA) is 86.2 Å². The van der Waals surface area contributed by atoms with E-state index in [1.807, 2.05) is 12.2 Å². The summed E-state index contributed by atoms with van der Waals surface area (Å²) >= 11 is 0. The van der Waals surface area contributed by atoms with Crippen LogP contribution in [0.25, 0.3) is 11.3 Å². The van der Waals surface area contributed by atoms with Crippen LogP contribution in [0.4, 0.5) is 5.95 Å². The Hall–Kier alpha value is -3.20. The van der Waals surface area contributed by atoms with Gasteiger partial charge in [0.25, 0.3) is 0 Å². The van der Waals surface area contributed by atoms with E-state index in [1.54, 1.807) is 24.3 Å². The lowest BCUT2D eigenvalue weighted by Gasteiger charge is -2.13. The van der Waals surface area contributed by atoms with Crippen LogP contribution >= 0.6 is 0 Å². The molecular formula is C15H12N4O2. The zero-order valence-electron chi connectivity index (χ0n) is 11.2. The Morgan fingerprint density at radius 2 is 2.19 bits per heavy atom. The van der Waals surface area contributed by atoms with Crippen LogP contribution in [0, 0.1) is 0 Å². The third-order valence-corrected chi connectivity index (χ3v) is 3.00. The molecule has 0 fully saturated rings. The van der Waals surface area contributed by atoms with Crippen molar-refractivity contribution in [3.05, 3.63) is 53.7 Å². The van der Waals surface area contributed by atoms with Crippen LogP contribution in [0.1, 0.15) is 5.82 Å². The SMILES string of the molecule is COc1cccc(O)c1-n1c(N)nnc1C1=C=C=CC=C1. The van der Waals surface area contributed by atoms with Crippen LogP contribution < -0.4 is 10.5 Å². The third-order valence-electron chi connectivity index (χ3n) is 3.00. The van der Waals surface area contributed by atoms with Gasteiger partial charge in [-0.05, 0) is 24.3 Å². The van der Waals surface area contributed by atoms with Gasteiger partial charge in [-0.2, -0.15) is 0 Å². The number of hydrogen-bond donors (Lipinski definition) is 2. The number of hydrogen-bond acceptors (Lipinski definition) is 5. The van der Waals surface area contributed by atoms with Gasteiger partial charge in [0.05, 0.1) is 12.7 Å². The molecule has 1 aliphatic carbocycles. The fourth-order valence-corrected chi connectivity index (χ4v) is 2.08. The number of para-hydroxylation sites is 1. The van der Waals surface area contributed by atoms with Gasteiger partial charge in [-0.1, -0.05) is 23.6 Å². The molecule has 0 saturated heterocycles. The molecule has 6 heteroatoms. The molecule has 0 radical (unpaired) electrons. The molecule has 21 heavy (non-hydrogen) atoms. The molecule has 0 bridgehead atoms. The first-order valence-electron chi connectivity index (χ1n) is 6.18. The maximum atomic E-state index is 10.2. The minimum Gasteiger partial charge on any atom is -0.506 e. The number of benzene rings is 1. The van der Waals surface area contributed by atoms with Gasteiger partial charge in [-0.15, -0.1) is 10.2 Å². The zero-order chi connectivity index (χ0) is 14.8. The van der Waals surface area contributed by atoms with Gasteiger partial charge in [0, 0.05) is 0 Å². The van der Waals surface area contributed by atoms with Crippen LogP contribution in [-0.2, 0) is 0 Å². The standard InChI is InChI=1S/C15H12N4O2/c1-21-12-9-5-8-11(20)13(12)19-14(17-18-15(19)16)10-6-3-2-4-7-10/h2-3,5-6,8-9,20H,1H3,(H2,16,18). The molecule has 0 aliphatic heterocycles. The van der Waals surface area contributed by atoms with Gasteiger partial charge in [-0.25, -0.2) is 0 Å². The second-order valence-corrected chi connectivity index (χ2v) is 4.25. The van der Waals surface area contributed by atoms with Crippen molar-refractivity contribution in [2.75, 3.05) is 12.8 Å². The van der Waals surface area contributed by atoms with Crippen LogP contribution in [-0.4, -0.2) is 27.0 Å². The summed E-state index contributed by atoms with van der Waals surface area (Å²) < 4.78 is 6.81. The van der Waals surface area contributed by atoms with Gasteiger partial charge < -0.3 is 15.6 Å². The largest absolute Gasteiger partial charge is 0.506 e. The van der Waals surface area contributed by atoms with E-state index in [1.165, 1.54) is 11.7 Å². The summed E-state index contributed by atoms with van der Waals surface area (Å²) in [6.45, 7) is 0. The number of nitrogens with two attached hydrogens (primary N) is 1. The Bertz CT molecular complexity index is 835. The van der Waals surface area contributed by atoms with Crippen molar-refractivity contribution in [2.45, 2.75) is 0 Å². The average Bonchev–Trinajstić information content (AvgIpc) is 2.89. The van der Waals surface area contributed by atoms with Gasteiger partial charge in [0.15, 0.2) is 5.82 Å². The lowest BCUT2D eigenvalue weighted by Crippen LogP contribution is -2.06. The van der Waals surface area contributed by atoms with Crippen molar-refractivity contribution in [3.63, 3.8) is 0 Å². The van der Waals surface area contributed by atoms with Gasteiger partial charge in [0.2, 0.25) is 5.95 Å². The van der Waals surface area contributed by atoms with E-state index in [4.69, 9.17) is 10.5 Å². The van der Waals surface area contributed by atoms with Crippen molar-refractivity contribution in [1.82, 2.24) is 14.8 Å². The summed E-state index contributed by atoms with van der Waals surface area (Å²) in [5, 5.41) is 18.1. The number of nitrogen functional groups attached to an aromatic ring is 1. The first kappa shape index (κ1) is 12.8. The number of rotatable bonds is 3. The van der Waals surface area contributed by atoms with Gasteiger partial charge in [-0.3, -0.25) is 4.57 Å². The number of aromatic nitrogens is 3.